The summed E-state index contributed by atoms with van der Waals surface area (Å²) in [7, 11) is 0. The van der Waals surface area contributed by atoms with Gasteiger partial charge in [0.05, 0.1) is 0 Å². The zero-order valence-electron chi connectivity index (χ0n) is 16.2. The van der Waals surface area contributed by atoms with Gasteiger partial charge in [0.2, 0.25) is 0 Å². The first-order valence-corrected chi connectivity index (χ1v) is 9.44. The Morgan fingerprint density at radius 2 is 1.81 bits per heavy atom. The maximum absolute atomic E-state index is 12.1. The van der Waals surface area contributed by atoms with Crippen LogP contribution in [0.1, 0.15) is 53.0 Å². The number of amides is 2. The number of hydrogen-bond acceptors (Lipinski definition) is 6. The molecule has 0 bridgehead atoms. The second-order valence-electron chi connectivity index (χ2n) is 8.07. The lowest BCUT2D eigenvalue weighted by atomic mass is 10.1. The van der Waals surface area contributed by atoms with Crippen molar-refractivity contribution in [1.29, 1.82) is 0 Å². The third-order valence-electron chi connectivity index (χ3n) is 3.27. The normalized spacial score (nSPS) is 15.3. The van der Waals surface area contributed by atoms with Crippen molar-refractivity contribution in [3.8, 4) is 0 Å². The number of thiazole rings is 1. The molecule has 0 saturated heterocycles. The molecule has 1 aliphatic heterocycles. The van der Waals surface area contributed by atoms with Crippen LogP contribution in [-0.2, 0) is 9.47 Å². The molecule has 144 valence electrons. The predicted molar refractivity (Wildman–Crippen MR) is 102 cm³/mol. The smallest absolute Gasteiger partial charge is 0.413 e. The van der Waals surface area contributed by atoms with Crippen LogP contribution in [0.2, 0.25) is 0 Å². The van der Waals surface area contributed by atoms with Crippen LogP contribution in [0.4, 0.5) is 15.4 Å². The molecule has 0 aromatic carbocycles. The summed E-state index contributed by atoms with van der Waals surface area (Å²) < 4.78 is 10.6. The Labute approximate surface area is 158 Å². The lowest BCUT2D eigenvalue weighted by Crippen LogP contribution is -2.39. The molecule has 1 aromatic rings. The van der Waals surface area contributed by atoms with Crippen molar-refractivity contribution in [3.63, 3.8) is 0 Å². The number of nitrogens with zero attached hydrogens (tertiary/aromatic N) is 2. The van der Waals surface area contributed by atoms with E-state index in [-0.39, 0.29) is 6.09 Å². The van der Waals surface area contributed by atoms with E-state index in [2.05, 4.69) is 10.3 Å². The largest absolute Gasteiger partial charge is 0.444 e. The highest BCUT2D eigenvalue weighted by molar-refractivity contribution is 7.11. The van der Waals surface area contributed by atoms with Gasteiger partial charge in [-0.25, -0.2) is 14.6 Å². The maximum atomic E-state index is 12.1. The van der Waals surface area contributed by atoms with Crippen LogP contribution in [0.3, 0.4) is 0 Å². The van der Waals surface area contributed by atoms with Crippen molar-refractivity contribution in [1.82, 2.24) is 9.88 Å². The predicted octanol–water partition coefficient (Wildman–Crippen LogP) is 4.51. The number of rotatable bonds is 2. The van der Waals surface area contributed by atoms with Gasteiger partial charge in [0.1, 0.15) is 22.0 Å². The Bertz CT molecular complexity index is 698. The summed E-state index contributed by atoms with van der Waals surface area (Å²) in [6.07, 6.45) is 1.84. The van der Waals surface area contributed by atoms with E-state index in [0.717, 1.165) is 10.6 Å². The van der Waals surface area contributed by atoms with Gasteiger partial charge in [0, 0.05) is 18.5 Å². The van der Waals surface area contributed by atoms with Gasteiger partial charge in [-0.2, -0.15) is 0 Å². The number of carbonyl (C=O) groups excluding carboxylic acids is 2. The SMILES string of the molecule is CC(C)(C)OC(=O)Nc1csc(C2=CCN(C(=O)OC(C)(C)C)CC2)n1. The number of aromatic nitrogens is 1. The Hall–Kier alpha value is -2.09. The van der Waals surface area contributed by atoms with Gasteiger partial charge >= 0.3 is 12.2 Å². The fourth-order valence-electron chi connectivity index (χ4n) is 2.24. The van der Waals surface area contributed by atoms with Crippen molar-refractivity contribution in [2.75, 3.05) is 18.4 Å². The van der Waals surface area contributed by atoms with Gasteiger partial charge in [-0.3, -0.25) is 5.32 Å². The topological polar surface area (TPSA) is 80.8 Å². The molecule has 0 aliphatic carbocycles. The zero-order valence-corrected chi connectivity index (χ0v) is 17.0. The van der Waals surface area contributed by atoms with Gasteiger partial charge < -0.3 is 14.4 Å². The second kappa shape index (κ2) is 7.65. The number of carbonyl (C=O) groups is 2. The van der Waals surface area contributed by atoms with E-state index in [1.807, 2.05) is 47.6 Å². The van der Waals surface area contributed by atoms with Crippen LogP contribution < -0.4 is 5.32 Å². The Morgan fingerprint density at radius 1 is 1.15 bits per heavy atom. The molecule has 0 fully saturated rings. The summed E-state index contributed by atoms with van der Waals surface area (Å²) >= 11 is 1.45. The Kier molecular flexibility index (Phi) is 5.95. The summed E-state index contributed by atoms with van der Waals surface area (Å²) in [6.45, 7) is 12.0. The third kappa shape index (κ3) is 6.33. The molecule has 0 spiro atoms. The molecule has 0 atom stereocenters. The Morgan fingerprint density at radius 3 is 2.35 bits per heavy atom. The first kappa shape index (κ1) is 20.2. The Balaban J connectivity index is 1.94. The first-order valence-electron chi connectivity index (χ1n) is 8.56. The van der Waals surface area contributed by atoms with Crippen LogP contribution in [0.15, 0.2) is 11.5 Å². The summed E-state index contributed by atoms with van der Waals surface area (Å²) in [5.41, 5.74) is 0.00511. The third-order valence-corrected chi connectivity index (χ3v) is 4.19. The molecule has 26 heavy (non-hydrogen) atoms. The summed E-state index contributed by atoms with van der Waals surface area (Å²) in [5, 5.41) is 5.25. The van der Waals surface area contributed by atoms with E-state index in [4.69, 9.17) is 9.47 Å². The van der Waals surface area contributed by atoms with E-state index >= 15 is 0 Å². The second-order valence-corrected chi connectivity index (χ2v) is 8.93. The molecule has 1 aromatic heterocycles. The summed E-state index contributed by atoms with van der Waals surface area (Å²) in [6, 6.07) is 0. The number of nitrogens with one attached hydrogen (secondary N) is 1. The average Bonchev–Trinajstić information content (AvgIpc) is 2.92. The average molecular weight is 381 g/mol. The zero-order chi connectivity index (χ0) is 19.5. The van der Waals surface area contributed by atoms with Crippen molar-refractivity contribution in [3.05, 3.63) is 16.5 Å². The van der Waals surface area contributed by atoms with Gasteiger partial charge in [-0.1, -0.05) is 6.08 Å². The maximum Gasteiger partial charge on any atom is 0.413 e. The van der Waals surface area contributed by atoms with E-state index in [1.165, 1.54) is 11.3 Å². The van der Waals surface area contributed by atoms with E-state index in [9.17, 15) is 9.59 Å². The van der Waals surface area contributed by atoms with E-state index < -0.39 is 17.3 Å². The van der Waals surface area contributed by atoms with Crippen LogP contribution >= 0.6 is 11.3 Å². The van der Waals surface area contributed by atoms with Gasteiger partial charge in [0.15, 0.2) is 0 Å². The molecule has 8 heteroatoms. The number of ether oxygens (including phenoxy) is 2. The molecule has 1 aliphatic rings. The standard InChI is InChI=1S/C18H27N3O4S/c1-17(2,3)24-15(22)20-13-11-26-14(19-13)12-7-9-21(10-8-12)16(23)25-18(4,5)6/h7,11H,8-10H2,1-6H3,(H,20,22). The minimum Gasteiger partial charge on any atom is -0.444 e. The minimum atomic E-state index is -0.556. The highest BCUT2D eigenvalue weighted by Crippen LogP contribution is 2.28. The fourth-order valence-corrected chi connectivity index (χ4v) is 3.07. The molecule has 2 amide bonds. The summed E-state index contributed by atoms with van der Waals surface area (Å²) in [5.74, 6) is 0.467. The first-order chi connectivity index (χ1) is 11.9. The van der Waals surface area contributed by atoms with Crippen LogP contribution in [-0.4, -0.2) is 46.4 Å². The van der Waals surface area contributed by atoms with Crippen LogP contribution in [0, 0.1) is 0 Å². The molecular formula is C18H27N3O4S. The molecular weight excluding hydrogens is 354 g/mol. The van der Waals surface area contributed by atoms with Crippen LogP contribution in [0.5, 0.6) is 0 Å². The highest BCUT2D eigenvalue weighted by atomic mass is 32.1. The van der Waals surface area contributed by atoms with Gasteiger partial charge in [-0.15, -0.1) is 11.3 Å². The van der Waals surface area contributed by atoms with Crippen LogP contribution in [0.25, 0.3) is 5.57 Å². The highest BCUT2D eigenvalue weighted by Gasteiger charge is 2.24. The molecule has 1 N–H and O–H groups in total. The molecule has 2 rings (SSSR count). The fraction of sp³-hybridized carbons (Fsp3) is 0.611. The summed E-state index contributed by atoms with van der Waals surface area (Å²) in [4.78, 5) is 30.0. The minimum absolute atomic E-state index is 0.306. The lowest BCUT2D eigenvalue weighted by molar-refractivity contribution is 0.0270. The molecule has 2 heterocycles. The molecule has 0 radical (unpaired) electrons. The monoisotopic (exact) mass is 381 g/mol. The number of hydrogen-bond donors (Lipinski definition) is 1. The van der Waals surface area contributed by atoms with E-state index in [0.29, 0.717) is 25.3 Å². The van der Waals surface area contributed by atoms with Crippen molar-refractivity contribution in [2.24, 2.45) is 0 Å². The molecule has 0 saturated carbocycles. The van der Waals surface area contributed by atoms with E-state index in [1.54, 1.807) is 10.3 Å². The van der Waals surface area contributed by atoms with Crippen molar-refractivity contribution in [2.45, 2.75) is 59.2 Å². The lowest BCUT2D eigenvalue weighted by Gasteiger charge is -2.29. The molecule has 7 nitrogen and oxygen atoms in total. The number of anilines is 1. The molecule has 0 unspecified atom stereocenters. The van der Waals surface area contributed by atoms with Gasteiger partial charge in [-0.05, 0) is 53.5 Å². The van der Waals surface area contributed by atoms with Gasteiger partial charge in [0.25, 0.3) is 0 Å². The quantitative estimate of drug-likeness (QED) is 0.815. The van der Waals surface area contributed by atoms with Crippen molar-refractivity contribution >= 4 is 34.9 Å². The van der Waals surface area contributed by atoms with Crippen molar-refractivity contribution < 1.29 is 19.1 Å².